The zero-order valence-electron chi connectivity index (χ0n) is 8.17. The third kappa shape index (κ3) is 7.82. The van der Waals surface area contributed by atoms with E-state index in [9.17, 15) is 0 Å². The normalized spacial score (nSPS) is 8.13. The van der Waals surface area contributed by atoms with E-state index in [1.807, 2.05) is 60.7 Å². The smallest absolute Gasteiger partial charge is 0.00399 e. The van der Waals surface area contributed by atoms with Gasteiger partial charge in [-0.25, -0.2) is 0 Å². The topological polar surface area (TPSA) is 0 Å². The summed E-state index contributed by atoms with van der Waals surface area (Å²) in [7, 11) is 0. The van der Waals surface area contributed by atoms with Gasteiger partial charge in [0.05, 0.1) is 0 Å². The first-order valence-electron chi connectivity index (χ1n) is 4.27. The Morgan fingerprint density at radius 2 is 0.800 bits per heavy atom. The van der Waals surface area contributed by atoms with Gasteiger partial charge in [0.25, 0.3) is 0 Å². The summed E-state index contributed by atoms with van der Waals surface area (Å²) < 4.78 is 0. The van der Waals surface area contributed by atoms with Crippen molar-refractivity contribution in [1.29, 1.82) is 0 Å². The molecule has 3 heteroatoms. The Hall–Kier alpha value is -0.0613. The van der Waals surface area contributed by atoms with Crippen molar-refractivity contribution in [3.63, 3.8) is 0 Å². The second-order valence-corrected chi connectivity index (χ2v) is 3.70. The van der Waals surface area contributed by atoms with E-state index in [4.69, 9.17) is 0 Å². The molecule has 76 valence electrons. The molecule has 0 spiro atoms. The van der Waals surface area contributed by atoms with E-state index in [0.29, 0.717) is 0 Å². The molecule has 0 atom stereocenters. The van der Waals surface area contributed by atoms with Crippen molar-refractivity contribution in [2.75, 3.05) is 0 Å². The molecule has 0 saturated heterocycles. The number of hydrogen-bond donors (Lipinski definition) is 2. The summed E-state index contributed by atoms with van der Waals surface area (Å²) in [5, 5.41) is 0. The zero-order chi connectivity index (χ0) is 10.2. The Morgan fingerprint density at radius 3 is 0.933 bits per heavy atom. The molecule has 0 aromatic heterocycles. The Bertz CT molecular complexity index is 311. The van der Waals surface area contributed by atoms with E-state index in [1.165, 1.54) is 0 Å². The minimum atomic E-state index is 0. The molecule has 0 unspecified atom stereocenters. The fourth-order valence-corrected chi connectivity index (χ4v) is 1.20. The monoisotopic (exact) mass is 340 g/mol. The van der Waals surface area contributed by atoms with Crippen molar-refractivity contribution < 1.29 is 0 Å². The van der Waals surface area contributed by atoms with Gasteiger partial charge in [0.15, 0.2) is 0 Å². The van der Waals surface area contributed by atoms with Gasteiger partial charge in [-0.15, -0.1) is 25.3 Å². The van der Waals surface area contributed by atoms with Crippen LogP contribution in [0.2, 0.25) is 0 Å². The second-order valence-electron chi connectivity index (χ2n) is 2.67. The molecule has 0 aliphatic rings. The standard InChI is InChI=1S/2C6H6S.Sn/c2*7-6-4-2-1-3-5-6;/h2*1-5,7H;. The van der Waals surface area contributed by atoms with Crippen LogP contribution in [0.1, 0.15) is 0 Å². The molecule has 0 fully saturated rings. The molecule has 0 aliphatic carbocycles. The number of thiol groups is 2. The molecule has 2 aromatic carbocycles. The maximum absolute atomic E-state index is 4.08. The average molecular weight is 339 g/mol. The van der Waals surface area contributed by atoms with Gasteiger partial charge >= 0.3 is 0 Å². The van der Waals surface area contributed by atoms with Gasteiger partial charge in [-0.2, -0.15) is 0 Å². The van der Waals surface area contributed by atoms with Gasteiger partial charge in [0.2, 0.25) is 0 Å². The predicted molar refractivity (Wildman–Crippen MR) is 73.1 cm³/mol. The summed E-state index contributed by atoms with van der Waals surface area (Å²) in [6, 6.07) is 19.6. The van der Waals surface area contributed by atoms with Crippen LogP contribution in [0, 0.1) is 0 Å². The molecule has 0 aliphatic heterocycles. The third-order valence-corrected chi connectivity index (χ3v) is 2.11. The Morgan fingerprint density at radius 1 is 0.533 bits per heavy atom. The van der Waals surface area contributed by atoms with Crippen LogP contribution in [0.15, 0.2) is 70.5 Å². The Labute approximate surface area is 119 Å². The molecule has 4 radical (unpaired) electrons. The molecule has 2 rings (SSSR count). The van der Waals surface area contributed by atoms with Crippen LogP contribution in [-0.2, 0) is 0 Å². The van der Waals surface area contributed by atoms with E-state index in [-0.39, 0.29) is 23.9 Å². The molecule has 0 N–H and O–H groups in total. The van der Waals surface area contributed by atoms with Crippen LogP contribution >= 0.6 is 25.3 Å². The van der Waals surface area contributed by atoms with Crippen molar-refractivity contribution in [3.05, 3.63) is 60.7 Å². The number of benzene rings is 2. The van der Waals surface area contributed by atoms with Gasteiger partial charge in [-0.1, -0.05) is 36.4 Å². The quantitative estimate of drug-likeness (QED) is 0.532. The first-order valence-corrected chi connectivity index (χ1v) is 5.16. The van der Waals surface area contributed by atoms with E-state index in [0.717, 1.165) is 9.79 Å². The predicted octanol–water partition coefficient (Wildman–Crippen LogP) is 3.57. The van der Waals surface area contributed by atoms with E-state index in [2.05, 4.69) is 25.3 Å². The van der Waals surface area contributed by atoms with Gasteiger partial charge in [-0.05, 0) is 24.3 Å². The van der Waals surface area contributed by atoms with Crippen LogP contribution in [-0.4, -0.2) is 23.9 Å². The molecule has 0 nitrogen and oxygen atoms in total. The summed E-state index contributed by atoms with van der Waals surface area (Å²) in [4.78, 5) is 2.03. The fraction of sp³-hybridized carbons (Fsp3) is 0. The number of hydrogen-bond acceptors (Lipinski definition) is 2. The Kier molecular flexibility index (Phi) is 9.15. The van der Waals surface area contributed by atoms with Crippen molar-refractivity contribution in [3.8, 4) is 0 Å². The van der Waals surface area contributed by atoms with E-state index >= 15 is 0 Å². The minimum absolute atomic E-state index is 0. The van der Waals surface area contributed by atoms with Crippen LogP contribution < -0.4 is 0 Å². The average Bonchev–Trinajstić information content (AvgIpc) is 2.21. The van der Waals surface area contributed by atoms with Crippen molar-refractivity contribution in [1.82, 2.24) is 0 Å². The van der Waals surface area contributed by atoms with Gasteiger partial charge in [-0.3, -0.25) is 0 Å². The molecule has 2 aromatic rings. The molecular weight excluding hydrogens is 327 g/mol. The SMILES string of the molecule is Sc1ccccc1.Sc1ccccc1.[Sn]. The third-order valence-electron chi connectivity index (χ3n) is 1.51. The summed E-state index contributed by atoms with van der Waals surface area (Å²) in [6.45, 7) is 0. The fourth-order valence-electron chi connectivity index (χ4n) is 0.856. The second kappa shape index (κ2) is 9.19. The molecule has 0 saturated carbocycles. The summed E-state index contributed by atoms with van der Waals surface area (Å²) in [5.41, 5.74) is 0. The largest absolute Gasteiger partial charge is 0.143 e. The van der Waals surface area contributed by atoms with Gasteiger partial charge in [0.1, 0.15) is 0 Å². The van der Waals surface area contributed by atoms with Crippen molar-refractivity contribution in [2.24, 2.45) is 0 Å². The van der Waals surface area contributed by atoms with Crippen LogP contribution in [0.5, 0.6) is 0 Å². The maximum atomic E-state index is 4.08. The number of rotatable bonds is 0. The molecule has 0 heterocycles. The molecule has 15 heavy (non-hydrogen) atoms. The summed E-state index contributed by atoms with van der Waals surface area (Å²) in [6.07, 6.45) is 0. The minimum Gasteiger partial charge on any atom is -0.143 e. The van der Waals surface area contributed by atoms with Gasteiger partial charge in [0, 0.05) is 33.7 Å². The Balaban J connectivity index is 0.000000245. The van der Waals surface area contributed by atoms with Crippen molar-refractivity contribution in [2.45, 2.75) is 9.79 Å². The first kappa shape index (κ1) is 14.9. The zero-order valence-corrected chi connectivity index (χ0v) is 12.8. The van der Waals surface area contributed by atoms with Crippen LogP contribution in [0.4, 0.5) is 0 Å². The molecular formula is C12H12S2Sn. The van der Waals surface area contributed by atoms with E-state index < -0.39 is 0 Å². The van der Waals surface area contributed by atoms with E-state index in [1.54, 1.807) is 0 Å². The van der Waals surface area contributed by atoms with Crippen molar-refractivity contribution >= 4 is 49.2 Å². The summed E-state index contributed by atoms with van der Waals surface area (Å²) >= 11 is 8.17. The molecule has 0 amide bonds. The van der Waals surface area contributed by atoms with Gasteiger partial charge < -0.3 is 0 Å². The maximum Gasteiger partial charge on any atom is 0.00399 e. The molecule has 0 bridgehead atoms. The van der Waals surface area contributed by atoms with Crippen LogP contribution in [0.25, 0.3) is 0 Å². The van der Waals surface area contributed by atoms with Crippen LogP contribution in [0.3, 0.4) is 0 Å². The summed E-state index contributed by atoms with van der Waals surface area (Å²) in [5.74, 6) is 0. The first-order chi connectivity index (χ1) is 6.79.